The molecule has 3 heteroatoms. The smallest absolute Gasteiger partial charge is 0.0484 e. The van der Waals surface area contributed by atoms with Crippen LogP contribution in [0.15, 0.2) is 42.5 Å². The van der Waals surface area contributed by atoms with E-state index >= 15 is 0 Å². The molecule has 0 radical (unpaired) electrons. The quantitative estimate of drug-likeness (QED) is 0.751. The molecule has 1 nitrogen and oxygen atoms in total. The molecule has 0 saturated carbocycles. The second kappa shape index (κ2) is 6.95. The van der Waals surface area contributed by atoms with Gasteiger partial charge in [0.25, 0.3) is 0 Å². The first kappa shape index (κ1) is 14.4. The van der Waals surface area contributed by atoms with Crippen LogP contribution < -0.4 is 5.32 Å². The van der Waals surface area contributed by atoms with Crippen LogP contribution in [0, 0.1) is 0 Å². The Morgan fingerprint density at radius 1 is 1.00 bits per heavy atom. The van der Waals surface area contributed by atoms with E-state index < -0.39 is 0 Å². The van der Waals surface area contributed by atoms with Crippen LogP contribution in [0.4, 0.5) is 0 Å². The summed E-state index contributed by atoms with van der Waals surface area (Å²) in [6.45, 7) is 3.99. The van der Waals surface area contributed by atoms with Gasteiger partial charge < -0.3 is 5.32 Å². The van der Waals surface area contributed by atoms with Crippen LogP contribution in [-0.4, -0.2) is 6.54 Å². The van der Waals surface area contributed by atoms with Crippen LogP contribution in [0.25, 0.3) is 11.1 Å². The number of halogens is 2. The average Bonchev–Trinajstić information content (AvgIpc) is 2.41. The Kier molecular flexibility index (Phi) is 5.26. The summed E-state index contributed by atoms with van der Waals surface area (Å²) in [4.78, 5) is 0. The van der Waals surface area contributed by atoms with Gasteiger partial charge >= 0.3 is 0 Å². The Labute approximate surface area is 124 Å². The highest BCUT2D eigenvalue weighted by molar-refractivity contribution is 6.34. The minimum absolute atomic E-state index is 0.731. The highest BCUT2D eigenvalue weighted by atomic mass is 35.5. The molecule has 100 valence electrons. The standard InChI is InChI=1S/C16H17Cl2N/c1-2-9-19-11-12-7-8-13(17)10-15(12)14-5-3-4-6-16(14)18/h3-8,10,19H,2,9,11H2,1H3. The third-order valence-electron chi connectivity index (χ3n) is 2.98. The van der Waals surface area contributed by atoms with Crippen LogP contribution in [0.2, 0.25) is 10.0 Å². The topological polar surface area (TPSA) is 12.0 Å². The van der Waals surface area contributed by atoms with E-state index in [2.05, 4.69) is 18.3 Å². The van der Waals surface area contributed by atoms with Gasteiger partial charge in [-0.25, -0.2) is 0 Å². The molecule has 0 fully saturated rings. The van der Waals surface area contributed by atoms with Crippen molar-refractivity contribution in [3.63, 3.8) is 0 Å². The number of rotatable bonds is 5. The molecule has 2 rings (SSSR count). The number of hydrogen-bond donors (Lipinski definition) is 1. The maximum absolute atomic E-state index is 6.28. The fraction of sp³-hybridized carbons (Fsp3) is 0.250. The van der Waals surface area contributed by atoms with E-state index in [4.69, 9.17) is 23.2 Å². The Bertz CT molecular complexity index is 552. The second-order valence-electron chi connectivity index (χ2n) is 4.46. The molecule has 0 amide bonds. The van der Waals surface area contributed by atoms with Crippen molar-refractivity contribution < 1.29 is 0 Å². The van der Waals surface area contributed by atoms with Crippen molar-refractivity contribution in [3.8, 4) is 11.1 Å². The van der Waals surface area contributed by atoms with Gasteiger partial charge in [-0.2, -0.15) is 0 Å². The van der Waals surface area contributed by atoms with Crippen LogP contribution in [-0.2, 0) is 6.54 Å². The normalized spacial score (nSPS) is 10.7. The Balaban J connectivity index is 2.37. The number of nitrogens with one attached hydrogen (secondary N) is 1. The summed E-state index contributed by atoms with van der Waals surface area (Å²) >= 11 is 12.4. The third kappa shape index (κ3) is 3.73. The van der Waals surface area contributed by atoms with Gasteiger partial charge in [-0.15, -0.1) is 0 Å². The molecule has 2 aromatic carbocycles. The van der Waals surface area contributed by atoms with E-state index in [0.29, 0.717) is 0 Å². The van der Waals surface area contributed by atoms with Crippen LogP contribution in [0.5, 0.6) is 0 Å². The maximum atomic E-state index is 6.28. The van der Waals surface area contributed by atoms with Crippen molar-refractivity contribution in [3.05, 3.63) is 58.1 Å². The predicted octanol–water partition coefficient (Wildman–Crippen LogP) is 5.16. The molecule has 0 atom stereocenters. The molecule has 0 aliphatic rings. The molecular formula is C16H17Cl2N. The molecule has 0 unspecified atom stereocenters. The van der Waals surface area contributed by atoms with Gasteiger partial charge in [0.15, 0.2) is 0 Å². The lowest BCUT2D eigenvalue weighted by Crippen LogP contribution is -2.14. The van der Waals surface area contributed by atoms with Gasteiger partial charge in [0.2, 0.25) is 0 Å². The molecule has 0 bridgehead atoms. The Morgan fingerprint density at radius 2 is 1.79 bits per heavy atom. The summed E-state index contributed by atoms with van der Waals surface area (Å²) in [6.07, 6.45) is 1.12. The summed E-state index contributed by atoms with van der Waals surface area (Å²) in [7, 11) is 0. The summed E-state index contributed by atoms with van der Waals surface area (Å²) in [5.74, 6) is 0. The highest BCUT2D eigenvalue weighted by Gasteiger charge is 2.08. The first-order chi connectivity index (χ1) is 9.22. The van der Waals surface area contributed by atoms with Crippen molar-refractivity contribution in [2.24, 2.45) is 0 Å². The number of benzene rings is 2. The van der Waals surface area contributed by atoms with Gasteiger partial charge in [-0.3, -0.25) is 0 Å². The molecule has 0 spiro atoms. The summed E-state index contributed by atoms with van der Waals surface area (Å²) in [5.41, 5.74) is 3.34. The van der Waals surface area contributed by atoms with Crippen LogP contribution in [0.1, 0.15) is 18.9 Å². The van der Waals surface area contributed by atoms with E-state index in [1.165, 1.54) is 5.56 Å². The summed E-state index contributed by atoms with van der Waals surface area (Å²) in [6, 6.07) is 13.8. The zero-order valence-electron chi connectivity index (χ0n) is 10.9. The van der Waals surface area contributed by atoms with Gasteiger partial charge in [0.1, 0.15) is 0 Å². The summed E-state index contributed by atoms with van der Waals surface area (Å²) < 4.78 is 0. The van der Waals surface area contributed by atoms with Crippen molar-refractivity contribution in [1.82, 2.24) is 5.32 Å². The summed E-state index contributed by atoms with van der Waals surface area (Å²) in [5, 5.41) is 4.90. The van der Waals surface area contributed by atoms with Crippen molar-refractivity contribution in [2.45, 2.75) is 19.9 Å². The molecule has 2 aromatic rings. The molecular weight excluding hydrogens is 277 g/mol. The molecule has 19 heavy (non-hydrogen) atoms. The monoisotopic (exact) mass is 293 g/mol. The lowest BCUT2D eigenvalue weighted by molar-refractivity contribution is 0.676. The molecule has 0 heterocycles. The lowest BCUT2D eigenvalue weighted by Gasteiger charge is -2.12. The third-order valence-corrected chi connectivity index (χ3v) is 3.54. The van der Waals surface area contributed by atoms with Crippen molar-refractivity contribution in [1.29, 1.82) is 0 Å². The van der Waals surface area contributed by atoms with Gasteiger partial charge in [0.05, 0.1) is 0 Å². The van der Waals surface area contributed by atoms with Crippen LogP contribution >= 0.6 is 23.2 Å². The maximum Gasteiger partial charge on any atom is 0.0484 e. The minimum Gasteiger partial charge on any atom is -0.313 e. The van der Waals surface area contributed by atoms with Gasteiger partial charge in [-0.05, 0) is 42.3 Å². The largest absolute Gasteiger partial charge is 0.313 e. The minimum atomic E-state index is 0.731. The second-order valence-corrected chi connectivity index (χ2v) is 5.30. The first-order valence-electron chi connectivity index (χ1n) is 6.46. The van der Waals surface area contributed by atoms with E-state index in [9.17, 15) is 0 Å². The predicted molar refractivity (Wildman–Crippen MR) is 83.9 cm³/mol. The molecule has 0 aliphatic heterocycles. The van der Waals surface area contributed by atoms with Gasteiger partial charge in [-0.1, -0.05) is 54.4 Å². The average molecular weight is 294 g/mol. The Morgan fingerprint density at radius 3 is 2.53 bits per heavy atom. The fourth-order valence-corrected chi connectivity index (χ4v) is 2.44. The SMILES string of the molecule is CCCNCc1ccc(Cl)cc1-c1ccccc1Cl. The zero-order valence-corrected chi connectivity index (χ0v) is 12.4. The molecule has 0 aliphatic carbocycles. The molecule has 1 N–H and O–H groups in total. The van der Waals surface area contributed by atoms with E-state index in [1.807, 2.05) is 36.4 Å². The van der Waals surface area contributed by atoms with E-state index in [1.54, 1.807) is 0 Å². The fourth-order valence-electron chi connectivity index (χ4n) is 2.03. The highest BCUT2D eigenvalue weighted by Crippen LogP contribution is 2.32. The van der Waals surface area contributed by atoms with Crippen molar-refractivity contribution >= 4 is 23.2 Å². The molecule has 0 saturated heterocycles. The van der Waals surface area contributed by atoms with Crippen molar-refractivity contribution in [2.75, 3.05) is 6.54 Å². The lowest BCUT2D eigenvalue weighted by atomic mass is 9.99. The van der Waals surface area contributed by atoms with E-state index in [0.717, 1.165) is 40.7 Å². The van der Waals surface area contributed by atoms with Gasteiger partial charge in [0, 0.05) is 22.2 Å². The van der Waals surface area contributed by atoms with Crippen LogP contribution in [0.3, 0.4) is 0 Å². The zero-order chi connectivity index (χ0) is 13.7. The van der Waals surface area contributed by atoms with E-state index in [-0.39, 0.29) is 0 Å². The molecule has 0 aromatic heterocycles. The Hall–Kier alpha value is -1.02. The number of hydrogen-bond acceptors (Lipinski definition) is 1. The first-order valence-corrected chi connectivity index (χ1v) is 7.22.